The highest BCUT2D eigenvalue weighted by Gasteiger charge is 2.20. The van der Waals surface area contributed by atoms with Crippen molar-refractivity contribution in [2.45, 2.75) is 20.8 Å². The molecule has 0 saturated carbocycles. The molecule has 1 amide bonds. The van der Waals surface area contributed by atoms with E-state index in [1.807, 2.05) is 19.1 Å². The molecule has 26 heavy (non-hydrogen) atoms. The Balaban J connectivity index is 1.85. The molecule has 8 heteroatoms. The second kappa shape index (κ2) is 7.49. The predicted molar refractivity (Wildman–Crippen MR) is 100 cm³/mol. The third-order valence-corrected chi connectivity index (χ3v) is 4.98. The molecule has 2 heterocycles. The Kier molecular flexibility index (Phi) is 5.13. The summed E-state index contributed by atoms with van der Waals surface area (Å²) in [6.45, 7) is 5.82. The van der Waals surface area contributed by atoms with Crippen molar-refractivity contribution in [3.63, 3.8) is 0 Å². The van der Waals surface area contributed by atoms with Gasteiger partial charge in [0.2, 0.25) is 0 Å². The number of ether oxygens (including phenoxy) is 1. The van der Waals surface area contributed by atoms with Gasteiger partial charge in [0.25, 0.3) is 5.91 Å². The zero-order valence-corrected chi connectivity index (χ0v) is 15.4. The number of carbonyl (C=O) groups excluding carboxylic acids is 2. The number of hydrazine groups is 1. The highest BCUT2D eigenvalue weighted by atomic mass is 32.1. The molecule has 0 bridgehead atoms. The lowest BCUT2D eigenvalue weighted by Gasteiger charge is -2.09. The lowest BCUT2D eigenvalue weighted by atomic mass is 10.1. The molecule has 3 rings (SSSR count). The molecule has 1 aromatic carbocycles. The van der Waals surface area contributed by atoms with Crippen LogP contribution in [0.25, 0.3) is 10.2 Å². The average molecular weight is 370 g/mol. The average Bonchev–Trinajstić information content (AvgIpc) is 2.98. The summed E-state index contributed by atoms with van der Waals surface area (Å²) < 4.78 is 5.08. The van der Waals surface area contributed by atoms with Crippen LogP contribution in [0, 0.1) is 13.8 Å². The monoisotopic (exact) mass is 370 g/mol. The van der Waals surface area contributed by atoms with E-state index in [1.165, 1.54) is 17.7 Å². The fourth-order valence-corrected chi connectivity index (χ4v) is 3.49. The molecule has 3 aromatic rings. The number of aryl methyl sites for hydroxylation is 2. The van der Waals surface area contributed by atoms with Gasteiger partial charge < -0.3 is 4.74 Å². The molecule has 7 nitrogen and oxygen atoms in total. The summed E-state index contributed by atoms with van der Waals surface area (Å²) in [7, 11) is 0. The maximum absolute atomic E-state index is 12.3. The molecular weight excluding hydrogens is 352 g/mol. The van der Waals surface area contributed by atoms with Crippen LogP contribution in [-0.4, -0.2) is 28.5 Å². The van der Waals surface area contributed by atoms with Gasteiger partial charge in [-0.3, -0.25) is 15.6 Å². The normalized spacial score (nSPS) is 10.6. The Bertz CT molecular complexity index is 966. The number of hydrogen-bond acceptors (Lipinski definition) is 7. The van der Waals surface area contributed by atoms with E-state index >= 15 is 0 Å². The Morgan fingerprint density at radius 3 is 2.58 bits per heavy atom. The molecule has 0 unspecified atom stereocenters. The van der Waals surface area contributed by atoms with Crippen LogP contribution in [0.3, 0.4) is 0 Å². The van der Waals surface area contributed by atoms with Gasteiger partial charge in [0.15, 0.2) is 5.82 Å². The summed E-state index contributed by atoms with van der Waals surface area (Å²) in [5, 5.41) is 0.685. The van der Waals surface area contributed by atoms with Crippen LogP contribution < -0.4 is 10.9 Å². The number of carbonyl (C=O) groups is 2. The maximum atomic E-state index is 12.3. The predicted octanol–water partition coefficient (Wildman–Crippen LogP) is 3.24. The summed E-state index contributed by atoms with van der Waals surface area (Å²) in [4.78, 5) is 33.9. The largest absolute Gasteiger partial charge is 0.462 e. The minimum atomic E-state index is -0.386. The van der Waals surface area contributed by atoms with E-state index in [4.69, 9.17) is 4.74 Å². The zero-order chi connectivity index (χ0) is 18.7. The van der Waals surface area contributed by atoms with Gasteiger partial charge in [0, 0.05) is 5.56 Å². The summed E-state index contributed by atoms with van der Waals surface area (Å²) in [6, 6.07) is 7.23. The molecule has 0 saturated heterocycles. The number of thiophene rings is 1. The number of nitrogens with one attached hydrogen (secondary N) is 2. The molecular formula is C18H18N4O3S. The fraction of sp³-hybridized carbons (Fsp3) is 0.222. The fourth-order valence-electron chi connectivity index (χ4n) is 2.45. The Hall–Kier alpha value is -3.00. The smallest absolute Gasteiger partial charge is 0.348 e. The first-order chi connectivity index (χ1) is 12.5. The number of rotatable bonds is 5. The molecule has 2 aromatic heterocycles. The first kappa shape index (κ1) is 17.8. The maximum Gasteiger partial charge on any atom is 0.348 e. The van der Waals surface area contributed by atoms with Gasteiger partial charge in [0.05, 0.1) is 12.0 Å². The quantitative estimate of drug-likeness (QED) is 0.529. The molecule has 0 spiro atoms. The van der Waals surface area contributed by atoms with Crippen molar-refractivity contribution in [3.05, 3.63) is 52.2 Å². The SMILES string of the molecule is CCOC(=O)c1sc2ncnc(NNC(=O)c3ccc(C)cc3)c2c1C. The highest BCUT2D eigenvalue weighted by molar-refractivity contribution is 7.20. The van der Waals surface area contributed by atoms with E-state index in [0.29, 0.717) is 33.1 Å². The zero-order valence-electron chi connectivity index (χ0n) is 14.6. The summed E-state index contributed by atoms with van der Waals surface area (Å²) in [5.41, 5.74) is 7.78. The first-order valence-corrected chi connectivity index (χ1v) is 8.87. The molecule has 0 aliphatic carbocycles. The van der Waals surface area contributed by atoms with Crippen molar-refractivity contribution in [2.24, 2.45) is 0 Å². The van der Waals surface area contributed by atoms with E-state index in [-0.39, 0.29) is 11.9 Å². The Morgan fingerprint density at radius 1 is 1.15 bits per heavy atom. The number of benzene rings is 1. The molecule has 2 N–H and O–H groups in total. The minimum absolute atomic E-state index is 0.282. The topological polar surface area (TPSA) is 93.2 Å². The van der Waals surface area contributed by atoms with Crippen LogP contribution >= 0.6 is 11.3 Å². The second-order valence-corrected chi connectivity index (χ2v) is 6.62. The van der Waals surface area contributed by atoms with Crippen molar-refractivity contribution in [1.29, 1.82) is 0 Å². The standard InChI is InChI=1S/C18H18N4O3S/c1-4-25-18(24)14-11(3)13-15(19-9-20-17(13)26-14)21-22-16(23)12-7-5-10(2)6-8-12/h5-9H,4H2,1-3H3,(H,22,23)(H,19,20,21). The van der Waals surface area contributed by atoms with Gasteiger partial charge >= 0.3 is 5.97 Å². The molecule has 0 radical (unpaired) electrons. The summed E-state index contributed by atoms with van der Waals surface area (Å²) in [5.74, 6) is -0.238. The third-order valence-electron chi connectivity index (χ3n) is 3.80. The lowest BCUT2D eigenvalue weighted by molar-refractivity contribution is 0.0531. The van der Waals surface area contributed by atoms with Crippen LogP contribution in [0.1, 0.15) is 38.1 Å². The van der Waals surface area contributed by atoms with Crippen LogP contribution in [0.4, 0.5) is 5.82 Å². The van der Waals surface area contributed by atoms with Crippen molar-refractivity contribution in [3.8, 4) is 0 Å². The number of nitrogens with zero attached hydrogens (tertiary/aromatic N) is 2. The summed E-state index contributed by atoms with van der Waals surface area (Å²) in [6.07, 6.45) is 1.38. The van der Waals surface area contributed by atoms with Gasteiger partial charge in [0.1, 0.15) is 16.0 Å². The van der Waals surface area contributed by atoms with Crippen LogP contribution in [0.5, 0.6) is 0 Å². The molecule has 0 aliphatic rings. The van der Waals surface area contributed by atoms with E-state index in [9.17, 15) is 9.59 Å². The van der Waals surface area contributed by atoms with Crippen molar-refractivity contribution in [2.75, 3.05) is 12.0 Å². The van der Waals surface area contributed by atoms with Crippen molar-refractivity contribution >= 4 is 39.2 Å². The van der Waals surface area contributed by atoms with E-state index < -0.39 is 0 Å². The highest BCUT2D eigenvalue weighted by Crippen LogP contribution is 2.33. The van der Waals surface area contributed by atoms with Gasteiger partial charge in [-0.1, -0.05) is 17.7 Å². The number of anilines is 1. The van der Waals surface area contributed by atoms with Crippen molar-refractivity contribution < 1.29 is 14.3 Å². The Morgan fingerprint density at radius 2 is 1.88 bits per heavy atom. The van der Waals surface area contributed by atoms with Crippen LogP contribution in [-0.2, 0) is 4.74 Å². The van der Waals surface area contributed by atoms with Crippen molar-refractivity contribution in [1.82, 2.24) is 15.4 Å². The van der Waals surface area contributed by atoms with E-state index in [1.54, 1.807) is 26.0 Å². The van der Waals surface area contributed by atoms with E-state index in [2.05, 4.69) is 20.8 Å². The number of aromatic nitrogens is 2. The Labute approximate surface area is 154 Å². The summed E-state index contributed by atoms with van der Waals surface area (Å²) >= 11 is 1.24. The number of hydrogen-bond donors (Lipinski definition) is 2. The van der Waals surface area contributed by atoms with Gasteiger partial charge in [-0.15, -0.1) is 11.3 Å². The first-order valence-electron chi connectivity index (χ1n) is 8.05. The lowest BCUT2D eigenvalue weighted by Crippen LogP contribution is -2.29. The van der Waals surface area contributed by atoms with E-state index in [0.717, 1.165) is 11.1 Å². The molecule has 0 aliphatic heterocycles. The van der Waals surface area contributed by atoms with Crippen LogP contribution in [0.15, 0.2) is 30.6 Å². The second-order valence-electron chi connectivity index (χ2n) is 5.62. The number of amides is 1. The van der Waals surface area contributed by atoms with Gasteiger partial charge in [-0.05, 0) is 38.5 Å². The number of esters is 1. The molecule has 0 fully saturated rings. The van der Waals surface area contributed by atoms with Gasteiger partial charge in [-0.25, -0.2) is 14.8 Å². The third kappa shape index (κ3) is 3.50. The van der Waals surface area contributed by atoms with Crippen LogP contribution in [0.2, 0.25) is 0 Å². The van der Waals surface area contributed by atoms with Gasteiger partial charge in [-0.2, -0.15) is 0 Å². The molecule has 134 valence electrons. The minimum Gasteiger partial charge on any atom is -0.462 e. The molecule has 0 atom stereocenters. The number of fused-ring (bicyclic) bond motifs is 1.